The van der Waals surface area contributed by atoms with Crippen molar-refractivity contribution in [3.63, 3.8) is 0 Å². The molecule has 1 aromatic carbocycles. The van der Waals surface area contributed by atoms with Crippen LogP contribution in [0.25, 0.3) is 10.9 Å². The maximum atomic E-state index is 12.0. The zero-order valence-electron chi connectivity index (χ0n) is 14.3. The fourth-order valence-electron chi connectivity index (χ4n) is 2.93. The van der Waals surface area contributed by atoms with Crippen LogP contribution in [0.4, 0.5) is 0 Å². The molecule has 26 heavy (non-hydrogen) atoms. The van der Waals surface area contributed by atoms with Crippen molar-refractivity contribution < 1.29 is 22.7 Å². The van der Waals surface area contributed by atoms with Gasteiger partial charge in [0.2, 0.25) is 10.0 Å². The van der Waals surface area contributed by atoms with E-state index in [0.717, 1.165) is 23.4 Å². The predicted octanol–water partition coefficient (Wildman–Crippen LogP) is 1.87. The van der Waals surface area contributed by atoms with Crippen molar-refractivity contribution in [1.29, 1.82) is 0 Å². The second-order valence-electron chi connectivity index (χ2n) is 6.16. The molecule has 0 aliphatic rings. The molecule has 7 nitrogen and oxygen atoms in total. The second-order valence-corrected chi connectivity index (χ2v) is 8.14. The number of aliphatic hydroxyl groups is 1. The molecule has 1 atom stereocenters. The molecule has 0 amide bonds. The minimum Gasteiger partial charge on any atom is -0.468 e. The van der Waals surface area contributed by atoms with Crippen molar-refractivity contribution in [1.82, 2.24) is 8.87 Å². The number of furan rings is 1. The molecule has 2 heterocycles. The molecule has 3 rings (SSSR count). The standard InChI is InChI=1S/C18H20N2O5S/c1-26(23,24)20(12-16-5-4-8-25-16)11-15(22)10-19-9-14(13-21)17-6-2-3-7-18(17)19/h2-9,13,15,22H,10-12H2,1H3/t15-/m1/s1. The van der Waals surface area contributed by atoms with Crippen molar-refractivity contribution in [2.45, 2.75) is 19.2 Å². The molecular weight excluding hydrogens is 356 g/mol. The van der Waals surface area contributed by atoms with Crippen molar-refractivity contribution in [3.05, 3.63) is 60.2 Å². The topological polar surface area (TPSA) is 92.8 Å². The SMILES string of the molecule is CS(=O)(=O)N(Cc1ccco1)C[C@H](O)Cn1cc(C=O)c2ccccc21. The van der Waals surface area contributed by atoms with Gasteiger partial charge in [-0.1, -0.05) is 18.2 Å². The molecule has 8 heteroatoms. The normalized spacial score (nSPS) is 13.3. The summed E-state index contributed by atoms with van der Waals surface area (Å²) in [5.41, 5.74) is 1.34. The Kier molecular flexibility index (Phi) is 5.26. The zero-order valence-corrected chi connectivity index (χ0v) is 15.1. The Morgan fingerprint density at radius 2 is 2.04 bits per heavy atom. The minimum absolute atomic E-state index is 0.0505. The van der Waals surface area contributed by atoms with Gasteiger partial charge in [0.15, 0.2) is 6.29 Å². The maximum absolute atomic E-state index is 12.0. The lowest BCUT2D eigenvalue weighted by Crippen LogP contribution is -2.37. The highest BCUT2D eigenvalue weighted by atomic mass is 32.2. The lowest BCUT2D eigenvalue weighted by molar-refractivity contribution is 0.112. The summed E-state index contributed by atoms with van der Waals surface area (Å²) >= 11 is 0. The van der Waals surface area contributed by atoms with Crippen molar-refractivity contribution in [3.8, 4) is 0 Å². The first kappa shape index (κ1) is 18.4. The highest BCUT2D eigenvalue weighted by Crippen LogP contribution is 2.20. The molecule has 1 N–H and O–H groups in total. The highest BCUT2D eigenvalue weighted by molar-refractivity contribution is 7.88. The Labute approximate surface area is 151 Å². The number of carbonyl (C=O) groups excluding carboxylic acids is 1. The van der Waals surface area contributed by atoms with E-state index < -0.39 is 16.1 Å². The predicted molar refractivity (Wildman–Crippen MR) is 97.3 cm³/mol. The van der Waals surface area contributed by atoms with Crippen LogP contribution in [-0.2, 0) is 23.1 Å². The lowest BCUT2D eigenvalue weighted by Gasteiger charge is -2.22. The van der Waals surface area contributed by atoms with Crippen LogP contribution in [0.2, 0.25) is 0 Å². The first-order valence-electron chi connectivity index (χ1n) is 8.07. The fourth-order valence-corrected chi connectivity index (χ4v) is 3.74. The van der Waals surface area contributed by atoms with Crippen LogP contribution >= 0.6 is 0 Å². The summed E-state index contributed by atoms with van der Waals surface area (Å²) in [5.74, 6) is 0.497. The molecule has 3 aromatic rings. The second kappa shape index (κ2) is 7.45. The molecule has 0 unspecified atom stereocenters. The molecule has 0 aliphatic carbocycles. The van der Waals surface area contributed by atoms with Crippen LogP contribution in [0.5, 0.6) is 0 Å². The maximum Gasteiger partial charge on any atom is 0.211 e. The third kappa shape index (κ3) is 4.04. The van der Waals surface area contributed by atoms with Gasteiger partial charge in [0.05, 0.1) is 25.2 Å². The number of benzene rings is 1. The first-order valence-corrected chi connectivity index (χ1v) is 9.92. The van der Waals surface area contributed by atoms with Gasteiger partial charge in [-0.05, 0) is 18.2 Å². The summed E-state index contributed by atoms with van der Waals surface area (Å²) in [6.07, 6.45) is 4.05. The number of sulfonamides is 1. The molecular formula is C18H20N2O5S. The molecule has 0 aliphatic heterocycles. The third-order valence-electron chi connectivity index (χ3n) is 4.15. The summed E-state index contributed by atoms with van der Waals surface area (Å²) < 4.78 is 32.2. The molecule has 138 valence electrons. The number of nitrogens with zero attached hydrogens (tertiary/aromatic N) is 2. The van der Waals surface area contributed by atoms with Gasteiger partial charge in [-0.2, -0.15) is 4.31 Å². The van der Waals surface area contributed by atoms with E-state index in [-0.39, 0.29) is 19.6 Å². The average molecular weight is 376 g/mol. The summed E-state index contributed by atoms with van der Waals surface area (Å²) in [6.45, 7) is 0.135. The number of aldehydes is 1. The van der Waals surface area contributed by atoms with Gasteiger partial charge >= 0.3 is 0 Å². The Bertz CT molecular complexity index is 992. The highest BCUT2D eigenvalue weighted by Gasteiger charge is 2.22. The fraction of sp³-hybridized carbons (Fsp3) is 0.278. The van der Waals surface area contributed by atoms with Crippen LogP contribution in [0.1, 0.15) is 16.1 Å². The molecule has 0 saturated carbocycles. The number of hydrogen-bond acceptors (Lipinski definition) is 5. The van der Waals surface area contributed by atoms with Crippen LogP contribution in [0.15, 0.2) is 53.3 Å². The van der Waals surface area contributed by atoms with Gasteiger partial charge in [-0.25, -0.2) is 8.42 Å². The lowest BCUT2D eigenvalue weighted by atomic mass is 10.2. The Balaban J connectivity index is 1.78. The van der Waals surface area contributed by atoms with E-state index in [9.17, 15) is 18.3 Å². The van der Waals surface area contributed by atoms with Gasteiger partial charge < -0.3 is 14.1 Å². The summed E-state index contributed by atoms with van der Waals surface area (Å²) in [5, 5.41) is 11.3. The molecule has 2 aromatic heterocycles. The number of hydrogen-bond donors (Lipinski definition) is 1. The Hall–Kier alpha value is -2.42. The van der Waals surface area contributed by atoms with Crippen LogP contribution < -0.4 is 0 Å². The zero-order chi connectivity index (χ0) is 18.7. The minimum atomic E-state index is -3.52. The van der Waals surface area contributed by atoms with Gasteiger partial charge in [0.25, 0.3) is 0 Å². The van der Waals surface area contributed by atoms with Crippen molar-refractivity contribution in [2.24, 2.45) is 0 Å². The Morgan fingerprint density at radius 3 is 2.69 bits per heavy atom. The van der Waals surface area contributed by atoms with Crippen LogP contribution in [0.3, 0.4) is 0 Å². The summed E-state index contributed by atoms with van der Waals surface area (Å²) in [7, 11) is -3.52. The monoisotopic (exact) mass is 376 g/mol. The van der Waals surface area contributed by atoms with Crippen molar-refractivity contribution in [2.75, 3.05) is 12.8 Å². The van der Waals surface area contributed by atoms with E-state index in [1.165, 1.54) is 10.6 Å². The van der Waals surface area contributed by atoms with Gasteiger partial charge in [-0.15, -0.1) is 0 Å². The number of rotatable bonds is 8. The smallest absolute Gasteiger partial charge is 0.211 e. The summed E-state index contributed by atoms with van der Waals surface area (Å²) in [4.78, 5) is 11.2. The number of aromatic nitrogens is 1. The van der Waals surface area contributed by atoms with Gasteiger partial charge in [0, 0.05) is 35.8 Å². The number of aliphatic hydroxyl groups excluding tert-OH is 1. The average Bonchev–Trinajstić information content (AvgIpc) is 3.22. The number of carbonyl (C=O) groups is 1. The molecule has 0 saturated heterocycles. The van der Waals surface area contributed by atoms with E-state index in [2.05, 4.69) is 0 Å². The van der Waals surface area contributed by atoms with E-state index in [0.29, 0.717) is 11.3 Å². The van der Waals surface area contributed by atoms with Gasteiger partial charge in [0.1, 0.15) is 5.76 Å². The third-order valence-corrected chi connectivity index (χ3v) is 5.37. The van der Waals surface area contributed by atoms with Crippen molar-refractivity contribution >= 4 is 27.2 Å². The molecule has 0 radical (unpaired) electrons. The van der Waals surface area contributed by atoms with Gasteiger partial charge in [-0.3, -0.25) is 4.79 Å². The van der Waals surface area contributed by atoms with E-state index >= 15 is 0 Å². The first-order chi connectivity index (χ1) is 12.4. The number of fused-ring (bicyclic) bond motifs is 1. The summed E-state index contributed by atoms with van der Waals surface area (Å²) in [6, 6.07) is 10.7. The number of para-hydroxylation sites is 1. The largest absolute Gasteiger partial charge is 0.468 e. The molecule has 0 fully saturated rings. The van der Waals surface area contributed by atoms with Crippen LogP contribution in [0, 0.1) is 0 Å². The molecule has 0 spiro atoms. The van der Waals surface area contributed by atoms with E-state index in [1.807, 2.05) is 24.3 Å². The van der Waals surface area contributed by atoms with E-state index in [4.69, 9.17) is 4.42 Å². The quantitative estimate of drug-likeness (QED) is 0.606. The Morgan fingerprint density at radius 1 is 1.27 bits per heavy atom. The van der Waals surface area contributed by atoms with Crippen LogP contribution in [-0.4, -0.2) is 47.6 Å². The molecule has 0 bridgehead atoms. The van der Waals surface area contributed by atoms with E-state index in [1.54, 1.807) is 22.9 Å².